The van der Waals surface area contributed by atoms with E-state index in [-0.39, 0.29) is 0 Å². The molecule has 2 atom stereocenters. The van der Waals surface area contributed by atoms with E-state index in [1.807, 2.05) is 12.1 Å². The first kappa shape index (κ1) is 16.8. The number of hydrogen-bond donors (Lipinski definition) is 1. The highest BCUT2D eigenvalue weighted by Crippen LogP contribution is 2.33. The molecule has 108 valence electrons. The second kappa shape index (κ2) is 8.14. The number of benzene rings is 1. The van der Waals surface area contributed by atoms with Crippen molar-refractivity contribution in [2.75, 3.05) is 13.1 Å². The van der Waals surface area contributed by atoms with Gasteiger partial charge in [-0.3, -0.25) is 0 Å². The fourth-order valence-electron chi connectivity index (χ4n) is 2.23. The molecule has 19 heavy (non-hydrogen) atoms. The van der Waals surface area contributed by atoms with Crippen molar-refractivity contribution >= 4 is 23.2 Å². The van der Waals surface area contributed by atoms with Crippen LogP contribution in [0.25, 0.3) is 0 Å². The normalized spacial score (nSPS) is 14.7. The number of halogens is 2. The first-order valence-corrected chi connectivity index (χ1v) is 7.86. The second-order valence-electron chi connectivity index (χ2n) is 5.71. The van der Waals surface area contributed by atoms with Crippen molar-refractivity contribution in [1.29, 1.82) is 0 Å². The molecule has 0 saturated carbocycles. The molecule has 1 nitrogen and oxygen atoms in total. The highest BCUT2D eigenvalue weighted by molar-refractivity contribution is 6.35. The Labute approximate surface area is 127 Å². The van der Waals surface area contributed by atoms with E-state index in [1.54, 1.807) is 0 Å². The van der Waals surface area contributed by atoms with Gasteiger partial charge in [0.25, 0.3) is 0 Å². The van der Waals surface area contributed by atoms with Gasteiger partial charge in [0, 0.05) is 22.5 Å². The average molecular weight is 302 g/mol. The Morgan fingerprint density at radius 1 is 1.11 bits per heavy atom. The fourth-order valence-corrected chi connectivity index (χ4v) is 2.78. The van der Waals surface area contributed by atoms with Gasteiger partial charge in [0.05, 0.1) is 0 Å². The molecule has 1 aromatic rings. The van der Waals surface area contributed by atoms with Crippen LogP contribution in [0.15, 0.2) is 18.2 Å². The summed E-state index contributed by atoms with van der Waals surface area (Å²) in [5.74, 6) is 1.70. The van der Waals surface area contributed by atoms with Gasteiger partial charge in [0.2, 0.25) is 0 Å². The number of rotatable bonds is 7. The van der Waals surface area contributed by atoms with Gasteiger partial charge in [-0.1, -0.05) is 63.4 Å². The van der Waals surface area contributed by atoms with Crippen LogP contribution in [0, 0.1) is 11.8 Å². The van der Waals surface area contributed by atoms with E-state index >= 15 is 0 Å². The predicted molar refractivity (Wildman–Crippen MR) is 86.4 cm³/mol. The summed E-state index contributed by atoms with van der Waals surface area (Å²) in [5, 5.41) is 5.03. The van der Waals surface area contributed by atoms with Crippen LogP contribution >= 0.6 is 23.2 Å². The summed E-state index contributed by atoms with van der Waals surface area (Å²) in [4.78, 5) is 0. The van der Waals surface area contributed by atoms with Gasteiger partial charge in [0.1, 0.15) is 0 Å². The Balaban J connectivity index is 2.83. The van der Waals surface area contributed by atoms with E-state index in [2.05, 4.69) is 39.1 Å². The maximum Gasteiger partial charge on any atom is 0.0456 e. The fraction of sp³-hybridized carbons (Fsp3) is 0.625. The molecule has 3 heteroatoms. The van der Waals surface area contributed by atoms with Crippen LogP contribution in [0.2, 0.25) is 10.0 Å². The monoisotopic (exact) mass is 301 g/mol. The molecule has 0 amide bonds. The van der Waals surface area contributed by atoms with Crippen molar-refractivity contribution in [3.8, 4) is 0 Å². The largest absolute Gasteiger partial charge is 0.316 e. The lowest BCUT2D eigenvalue weighted by atomic mass is 9.85. The summed E-state index contributed by atoms with van der Waals surface area (Å²) in [5.41, 5.74) is 1.21. The van der Waals surface area contributed by atoms with Crippen LogP contribution in [-0.4, -0.2) is 13.1 Å². The Bertz CT molecular complexity index is 390. The van der Waals surface area contributed by atoms with Crippen LogP contribution in [0.4, 0.5) is 0 Å². The van der Waals surface area contributed by atoms with E-state index in [0.717, 1.165) is 24.5 Å². The summed E-state index contributed by atoms with van der Waals surface area (Å²) >= 11 is 12.3. The lowest BCUT2D eigenvalue weighted by Crippen LogP contribution is -2.28. The highest BCUT2D eigenvalue weighted by Gasteiger charge is 2.20. The summed E-state index contributed by atoms with van der Waals surface area (Å²) in [6.45, 7) is 11.0. The molecule has 1 rings (SSSR count). The SMILES string of the molecule is CCC(C)C(CNCC(C)C)c1ccc(Cl)cc1Cl. The molecule has 0 aromatic heterocycles. The van der Waals surface area contributed by atoms with Gasteiger partial charge in [-0.2, -0.15) is 0 Å². The molecule has 0 fully saturated rings. The topological polar surface area (TPSA) is 12.0 Å². The Hall–Kier alpha value is -0.240. The van der Waals surface area contributed by atoms with E-state index in [4.69, 9.17) is 23.2 Å². The quantitative estimate of drug-likeness (QED) is 0.714. The Morgan fingerprint density at radius 2 is 1.79 bits per heavy atom. The first-order chi connectivity index (χ1) is 8.95. The third-order valence-electron chi connectivity index (χ3n) is 3.61. The maximum atomic E-state index is 6.35. The van der Waals surface area contributed by atoms with E-state index in [0.29, 0.717) is 22.8 Å². The van der Waals surface area contributed by atoms with Gasteiger partial charge >= 0.3 is 0 Å². The first-order valence-electron chi connectivity index (χ1n) is 7.11. The molecule has 0 aliphatic rings. The lowest BCUT2D eigenvalue weighted by molar-refractivity contribution is 0.409. The van der Waals surface area contributed by atoms with Crippen LogP contribution in [0.1, 0.15) is 45.6 Å². The lowest BCUT2D eigenvalue weighted by Gasteiger charge is -2.25. The van der Waals surface area contributed by atoms with Crippen molar-refractivity contribution in [3.05, 3.63) is 33.8 Å². The van der Waals surface area contributed by atoms with Gasteiger partial charge in [-0.25, -0.2) is 0 Å². The smallest absolute Gasteiger partial charge is 0.0456 e. The summed E-state index contributed by atoms with van der Waals surface area (Å²) < 4.78 is 0. The summed E-state index contributed by atoms with van der Waals surface area (Å²) in [7, 11) is 0. The van der Waals surface area contributed by atoms with Gasteiger partial charge in [-0.05, 0) is 36.1 Å². The third kappa shape index (κ3) is 5.33. The molecule has 1 N–H and O–H groups in total. The molecular formula is C16H25Cl2N. The molecule has 0 heterocycles. The summed E-state index contributed by atoms with van der Waals surface area (Å²) in [6.07, 6.45) is 1.15. The Morgan fingerprint density at radius 3 is 2.32 bits per heavy atom. The van der Waals surface area contributed by atoms with Crippen molar-refractivity contribution < 1.29 is 0 Å². The molecule has 0 spiro atoms. The van der Waals surface area contributed by atoms with Crippen LogP contribution in [0.5, 0.6) is 0 Å². The zero-order valence-corrected chi connectivity index (χ0v) is 13.9. The molecule has 2 unspecified atom stereocenters. The molecule has 0 radical (unpaired) electrons. The third-order valence-corrected chi connectivity index (χ3v) is 4.17. The number of hydrogen-bond acceptors (Lipinski definition) is 1. The number of nitrogens with one attached hydrogen (secondary N) is 1. The second-order valence-corrected chi connectivity index (χ2v) is 6.55. The average Bonchev–Trinajstić information content (AvgIpc) is 2.34. The zero-order valence-electron chi connectivity index (χ0n) is 12.3. The standard InChI is InChI=1S/C16H25Cl2N/c1-5-12(4)15(10-19-9-11(2)3)14-7-6-13(17)8-16(14)18/h6-8,11-12,15,19H,5,9-10H2,1-4H3. The van der Waals surface area contributed by atoms with Crippen LogP contribution < -0.4 is 5.32 Å². The van der Waals surface area contributed by atoms with Crippen molar-refractivity contribution in [2.45, 2.75) is 40.0 Å². The van der Waals surface area contributed by atoms with Gasteiger partial charge < -0.3 is 5.32 Å². The minimum Gasteiger partial charge on any atom is -0.316 e. The van der Waals surface area contributed by atoms with Crippen LogP contribution in [-0.2, 0) is 0 Å². The zero-order chi connectivity index (χ0) is 14.4. The van der Waals surface area contributed by atoms with Crippen LogP contribution in [0.3, 0.4) is 0 Å². The molecule has 1 aromatic carbocycles. The van der Waals surface area contributed by atoms with Gasteiger partial charge in [0.15, 0.2) is 0 Å². The molecular weight excluding hydrogens is 277 g/mol. The van der Waals surface area contributed by atoms with E-state index < -0.39 is 0 Å². The molecule has 0 aliphatic heterocycles. The summed E-state index contributed by atoms with van der Waals surface area (Å²) in [6, 6.07) is 5.84. The van der Waals surface area contributed by atoms with E-state index in [9.17, 15) is 0 Å². The minimum atomic E-state index is 0.438. The Kier molecular flexibility index (Phi) is 7.20. The van der Waals surface area contributed by atoms with Crippen molar-refractivity contribution in [1.82, 2.24) is 5.32 Å². The predicted octanol–water partition coefficient (Wildman–Crippen LogP) is 5.37. The minimum absolute atomic E-state index is 0.438. The maximum absolute atomic E-state index is 6.35. The molecule has 0 bridgehead atoms. The van der Waals surface area contributed by atoms with Crippen molar-refractivity contribution in [3.63, 3.8) is 0 Å². The van der Waals surface area contributed by atoms with E-state index in [1.165, 1.54) is 5.56 Å². The molecule has 0 saturated heterocycles. The molecule has 0 aliphatic carbocycles. The van der Waals surface area contributed by atoms with Gasteiger partial charge in [-0.15, -0.1) is 0 Å². The highest BCUT2D eigenvalue weighted by atomic mass is 35.5. The van der Waals surface area contributed by atoms with Crippen molar-refractivity contribution in [2.24, 2.45) is 11.8 Å².